The number of nitrogens with two attached hydrogens (primary N) is 1. The molecule has 0 saturated carbocycles. The molecule has 1 aromatic heterocycles. The van der Waals surface area contributed by atoms with Crippen LogP contribution in [0.5, 0.6) is 0 Å². The average Bonchev–Trinajstić information content (AvgIpc) is 2.35. The molecule has 1 heterocycles. The van der Waals surface area contributed by atoms with Gasteiger partial charge in [-0.15, -0.1) is 0 Å². The largest absolute Gasteiger partial charge is 0.370 e. The van der Waals surface area contributed by atoms with Crippen molar-refractivity contribution < 1.29 is 0 Å². The lowest BCUT2D eigenvalue weighted by Crippen LogP contribution is -2.05. The Bertz CT molecular complexity index is 588. The minimum Gasteiger partial charge on any atom is -0.370 e. The van der Waals surface area contributed by atoms with Crippen molar-refractivity contribution >= 4 is 46.5 Å². The molecule has 0 radical (unpaired) electrons. The van der Waals surface area contributed by atoms with E-state index in [1.807, 2.05) is 6.92 Å². The van der Waals surface area contributed by atoms with Gasteiger partial charge in [-0.3, -0.25) is 0 Å². The molecule has 19 heavy (non-hydrogen) atoms. The van der Waals surface area contributed by atoms with Crippen molar-refractivity contribution in [3.63, 3.8) is 0 Å². The van der Waals surface area contributed by atoms with Crippen LogP contribution >= 0.6 is 23.2 Å². The first kappa shape index (κ1) is 13.7. The van der Waals surface area contributed by atoms with Crippen molar-refractivity contribution in [2.24, 2.45) is 0 Å². The zero-order valence-electron chi connectivity index (χ0n) is 10.2. The predicted octanol–water partition coefficient (Wildman–Crippen LogP) is 3.54. The lowest BCUT2D eigenvalue weighted by Gasteiger charge is -2.10. The van der Waals surface area contributed by atoms with Gasteiger partial charge in [0.1, 0.15) is 11.6 Å². The molecule has 2 rings (SSSR count). The van der Waals surface area contributed by atoms with Crippen LogP contribution in [-0.2, 0) is 0 Å². The Labute approximate surface area is 121 Å². The summed E-state index contributed by atoms with van der Waals surface area (Å²) in [5.74, 6) is 1.38. The fourth-order valence-corrected chi connectivity index (χ4v) is 1.89. The van der Waals surface area contributed by atoms with Crippen LogP contribution in [-0.4, -0.2) is 16.5 Å². The molecule has 0 aliphatic heterocycles. The summed E-state index contributed by atoms with van der Waals surface area (Å²) in [5.41, 5.74) is 6.31. The van der Waals surface area contributed by atoms with Gasteiger partial charge in [0.2, 0.25) is 5.95 Å². The van der Waals surface area contributed by atoms with Crippen LogP contribution in [0.2, 0.25) is 10.0 Å². The van der Waals surface area contributed by atoms with E-state index in [4.69, 9.17) is 28.9 Å². The molecule has 0 aliphatic carbocycles. The van der Waals surface area contributed by atoms with Crippen molar-refractivity contribution in [2.75, 3.05) is 22.9 Å². The molecule has 4 N–H and O–H groups in total. The minimum atomic E-state index is 0.180. The molecule has 0 bridgehead atoms. The molecule has 0 amide bonds. The Morgan fingerprint density at radius 1 is 1.21 bits per heavy atom. The molecule has 0 saturated heterocycles. The molecular weight excluding hydrogens is 285 g/mol. The highest BCUT2D eigenvalue weighted by Gasteiger charge is 2.07. The third kappa shape index (κ3) is 3.39. The summed E-state index contributed by atoms with van der Waals surface area (Å²) in [4.78, 5) is 8.16. The lowest BCUT2D eigenvalue weighted by molar-refractivity contribution is 1.12. The Balaban J connectivity index is 2.30. The number of aromatic nitrogens is 2. The van der Waals surface area contributed by atoms with E-state index >= 15 is 0 Å². The molecule has 1 aromatic carbocycles. The number of nitrogens with zero attached hydrogens (tertiary/aromatic N) is 2. The molecule has 0 spiro atoms. The Hall–Kier alpha value is -1.72. The van der Waals surface area contributed by atoms with Crippen molar-refractivity contribution in [3.8, 4) is 0 Å². The molecule has 100 valence electrons. The number of halogens is 2. The van der Waals surface area contributed by atoms with E-state index in [2.05, 4.69) is 20.6 Å². The van der Waals surface area contributed by atoms with Crippen molar-refractivity contribution in [1.29, 1.82) is 0 Å². The molecule has 2 aromatic rings. The van der Waals surface area contributed by atoms with Crippen LogP contribution in [0.1, 0.15) is 6.92 Å². The monoisotopic (exact) mass is 297 g/mol. The van der Waals surface area contributed by atoms with Gasteiger partial charge in [0.05, 0.1) is 15.7 Å². The van der Waals surface area contributed by atoms with E-state index in [1.54, 1.807) is 24.3 Å². The minimum absolute atomic E-state index is 0.180. The van der Waals surface area contributed by atoms with E-state index in [-0.39, 0.29) is 5.95 Å². The maximum atomic E-state index is 6.10. The number of nitrogen functional groups attached to an aromatic ring is 1. The van der Waals surface area contributed by atoms with Crippen LogP contribution in [0.4, 0.5) is 23.3 Å². The third-order valence-corrected chi connectivity index (χ3v) is 3.13. The van der Waals surface area contributed by atoms with E-state index in [0.29, 0.717) is 27.4 Å². The normalized spacial score (nSPS) is 10.3. The number of rotatable bonds is 4. The Morgan fingerprint density at radius 3 is 2.68 bits per heavy atom. The number of hydrogen-bond donors (Lipinski definition) is 3. The van der Waals surface area contributed by atoms with E-state index in [0.717, 1.165) is 6.54 Å². The maximum Gasteiger partial charge on any atom is 0.223 e. The maximum absolute atomic E-state index is 6.10. The lowest BCUT2D eigenvalue weighted by atomic mass is 10.3. The summed E-state index contributed by atoms with van der Waals surface area (Å²) in [6.07, 6.45) is 0. The SMILES string of the molecule is CCNc1cc(Nc2cccc(Cl)c2Cl)nc(N)n1. The molecule has 0 aliphatic rings. The van der Waals surface area contributed by atoms with Crippen molar-refractivity contribution in [3.05, 3.63) is 34.3 Å². The summed E-state index contributed by atoms with van der Waals surface area (Å²) >= 11 is 12.0. The van der Waals surface area contributed by atoms with Gasteiger partial charge in [0.25, 0.3) is 0 Å². The average molecular weight is 298 g/mol. The van der Waals surface area contributed by atoms with Gasteiger partial charge in [-0.25, -0.2) is 0 Å². The van der Waals surface area contributed by atoms with Crippen LogP contribution in [0, 0.1) is 0 Å². The van der Waals surface area contributed by atoms with E-state index < -0.39 is 0 Å². The number of anilines is 4. The summed E-state index contributed by atoms with van der Waals surface area (Å²) in [6, 6.07) is 7.07. The highest BCUT2D eigenvalue weighted by Crippen LogP contribution is 2.31. The predicted molar refractivity (Wildman–Crippen MR) is 80.4 cm³/mol. The van der Waals surface area contributed by atoms with Gasteiger partial charge in [-0.2, -0.15) is 9.97 Å². The van der Waals surface area contributed by atoms with Gasteiger partial charge < -0.3 is 16.4 Å². The molecule has 0 fully saturated rings. The van der Waals surface area contributed by atoms with Gasteiger partial charge in [-0.1, -0.05) is 29.3 Å². The van der Waals surface area contributed by atoms with Gasteiger partial charge >= 0.3 is 0 Å². The molecule has 7 heteroatoms. The fraction of sp³-hybridized carbons (Fsp3) is 0.167. The molecule has 5 nitrogen and oxygen atoms in total. The standard InChI is InChI=1S/C12H13Cl2N5/c1-2-16-9-6-10(19-12(15)18-9)17-8-5-3-4-7(13)11(8)14/h3-6H,2H2,1H3,(H4,15,16,17,18,19). The summed E-state index contributed by atoms with van der Waals surface area (Å²) in [6.45, 7) is 2.72. The zero-order valence-corrected chi connectivity index (χ0v) is 11.8. The zero-order chi connectivity index (χ0) is 13.8. The van der Waals surface area contributed by atoms with Crippen LogP contribution in [0.15, 0.2) is 24.3 Å². The number of benzene rings is 1. The first-order valence-electron chi connectivity index (χ1n) is 5.69. The van der Waals surface area contributed by atoms with Crippen LogP contribution < -0.4 is 16.4 Å². The highest BCUT2D eigenvalue weighted by molar-refractivity contribution is 6.43. The second-order valence-corrected chi connectivity index (χ2v) is 4.54. The van der Waals surface area contributed by atoms with Crippen LogP contribution in [0.25, 0.3) is 0 Å². The summed E-state index contributed by atoms with van der Waals surface area (Å²) in [5, 5.41) is 7.04. The number of hydrogen-bond acceptors (Lipinski definition) is 5. The molecule has 0 unspecified atom stereocenters. The van der Waals surface area contributed by atoms with Gasteiger partial charge in [0, 0.05) is 12.6 Å². The van der Waals surface area contributed by atoms with Crippen LogP contribution in [0.3, 0.4) is 0 Å². The Morgan fingerprint density at radius 2 is 1.95 bits per heavy atom. The second kappa shape index (κ2) is 5.95. The van der Waals surface area contributed by atoms with Crippen molar-refractivity contribution in [2.45, 2.75) is 6.92 Å². The highest BCUT2D eigenvalue weighted by atomic mass is 35.5. The van der Waals surface area contributed by atoms with E-state index in [9.17, 15) is 0 Å². The van der Waals surface area contributed by atoms with E-state index in [1.165, 1.54) is 0 Å². The first-order valence-corrected chi connectivity index (χ1v) is 6.45. The third-order valence-electron chi connectivity index (χ3n) is 2.32. The van der Waals surface area contributed by atoms with Gasteiger partial charge in [-0.05, 0) is 19.1 Å². The molecule has 0 atom stereocenters. The Kier molecular flexibility index (Phi) is 4.29. The first-order chi connectivity index (χ1) is 9.10. The summed E-state index contributed by atoms with van der Waals surface area (Å²) < 4.78 is 0. The fourth-order valence-electron chi connectivity index (χ4n) is 1.54. The second-order valence-electron chi connectivity index (χ2n) is 3.75. The smallest absolute Gasteiger partial charge is 0.223 e. The van der Waals surface area contributed by atoms with Crippen molar-refractivity contribution in [1.82, 2.24) is 9.97 Å². The van der Waals surface area contributed by atoms with Gasteiger partial charge in [0.15, 0.2) is 0 Å². The quantitative estimate of drug-likeness (QED) is 0.805. The number of nitrogens with one attached hydrogen (secondary N) is 2. The molecular formula is C12H13Cl2N5. The summed E-state index contributed by atoms with van der Waals surface area (Å²) in [7, 11) is 0. The topological polar surface area (TPSA) is 75.9 Å².